The number of nitrogens with one attached hydrogen (secondary N) is 1. The van der Waals surface area contributed by atoms with Crippen molar-refractivity contribution < 1.29 is 4.39 Å². The van der Waals surface area contributed by atoms with Gasteiger partial charge in [0.1, 0.15) is 17.7 Å². The summed E-state index contributed by atoms with van der Waals surface area (Å²) in [5.74, 6) is 0.692. The molecule has 5 rings (SSSR count). The molecule has 2 atom stereocenters. The molecule has 0 radical (unpaired) electrons. The van der Waals surface area contributed by atoms with Crippen LogP contribution in [0.3, 0.4) is 0 Å². The first-order valence-corrected chi connectivity index (χ1v) is 11.2. The molecule has 3 N–H and O–H groups in total. The Labute approximate surface area is 191 Å². The van der Waals surface area contributed by atoms with Gasteiger partial charge < -0.3 is 11.1 Å². The SMILES string of the molecule is Cn1ncc2cc(-n3nc(NC[C@@H]4CCC[C@@H](N)C4)cc3-c3ccc(C#N)c(F)c3)ccc21. The van der Waals surface area contributed by atoms with Gasteiger partial charge in [0.2, 0.25) is 0 Å². The van der Waals surface area contributed by atoms with Gasteiger partial charge in [-0.1, -0.05) is 12.5 Å². The molecule has 0 spiro atoms. The van der Waals surface area contributed by atoms with E-state index in [1.807, 2.05) is 52.9 Å². The van der Waals surface area contributed by atoms with E-state index in [1.165, 1.54) is 12.1 Å². The van der Waals surface area contributed by atoms with Gasteiger partial charge in [0.25, 0.3) is 0 Å². The highest BCUT2D eigenvalue weighted by Gasteiger charge is 2.20. The minimum atomic E-state index is -0.545. The van der Waals surface area contributed by atoms with Gasteiger partial charge in [-0.2, -0.15) is 10.4 Å². The van der Waals surface area contributed by atoms with Crippen molar-refractivity contribution in [1.29, 1.82) is 5.26 Å². The monoisotopic (exact) mass is 443 g/mol. The number of benzene rings is 2. The predicted octanol–water partition coefficient (Wildman–Crippen LogP) is 4.37. The first-order chi connectivity index (χ1) is 16.0. The van der Waals surface area contributed by atoms with E-state index >= 15 is 0 Å². The quantitative estimate of drug-likeness (QED) is 0.477. The van der Waals surface area contributed by atoms with Gasteiger partial charge in [-0.05, 0) is 55.5 Å². The fourth-order valence-corrected chi connectivity index (χ4v) is 4.68. The fourth-order valence-electron chi connectivity index (χ4n) is 4.68. The van der Waals surface area contributed by atoms with Crippen molar-refractivity contribution in [2.24, 2.45) is 18.7 Å². The van der Waals surface area contributed by atoms with E-state index in [-0.39, 0.29) is 11.6 Å². The molecule has 1 aliphatic rings. The predicted molar refractivity (Wildman–Crippen MR) is 126 cm³/mol. The lowest BCUT2D eigenvalue weighted by Gasteiger charge is -2.26. The molecular weight excluding hydrogens is 417 g/mol. The van der Waals surface area contributed by atoms with E-state index in [9.17, 15) is 4.39 Å². The summed E-state index contributed by atoms with van der Waals surface area (Å²) in [6.07, 6.45) is 6.24. The third-order valence-corrected chi connectivity index (χ3v) is 6.46. The van der Waals surface area contributed by atoms with E-state index in [0.717, 1.165) is 60.3 Å². The number of halogens is 1. The van der Waals surface area contributed by atoms with Crippen molar-refractivity contribution >= 4 is 16.7 Å². The molecule has 0 unspecified atom stereocenters. The Kier molecular flexibility index (Phi) is 5.56. The molecule has 2 heterocycles. The lowest BCUT2D eigenvalue weighted by molar-refractivity contribution is 0.335. The fraction of sp³-hybridized carbons (Fsp3) is 0.320. The summed E-state index contributed by atoms with van der Waals surface area (Å²) in [4.78, 5) is 0. The number of aryl methyl sites for hydroxylation is 1. The van der Waals surface area contributed by atoms with Crippen molar-refractivity contribution in [3.8, 4) is 23.0 Å². The van der Waals surface area contributed by atoms with Crippen LogP contribution in [0.1, 0.15) is 31.2 Å². The molecule has 2 aromatic carbocycles. The maximum atomic E-state index is 14.4. The number of nitriles is 1. The minimum Gasteiger partial charge on any atom is -0.368 e. The highest BCUT2D eigenvalue weighted by Crippen LogP contribution is 2.30. The van der Waals surface area contributed by atoms with Gasteiger partial charge in [-0.3, -0.25) is 4.68 Å². The Balaban J connectivity index is 1.52. The van der Waals surface area contributed by atoms with Gasteiger partial charge in [0.05, 0.1) is 28.7 Å². The normalized spacial score (nSPS) is 18.4. The largest absolute Gasteiger partial charge is 0.368 e. The van der Waals surface area contributed by atoms with Gasteiger partial charge in [-0.15, -0.1) is 5.10 Å². The zero-order valence-electron chi connectivity index (χ0n) is 18.5. The summed E-state index contributed by atoms with van der Waals surface area (Å²) in [5, 5.41) is 22.7. The second-order valence-electron chi connectivity index (χ2n) is 8.82. The lowest BCUT2D eigenvalue weighted by Crippen LogP contribution is -2.31. The van der Waals surface area contributed by atoms with E-state index in [1.54, 1.807) is 6.07 Å². The molecule has 0 bridgehead atoms. The van der Waals surface area contributed by atoms with Crippen molar-refractivity contribution in [3.63, 3.8) is 0 Å². The van der Waals surface area contributed by atoms with Crippen LogP contribution in [-0.2, 0) is 7.05 Å². The average Bonchev–Trinajstić information content (AvgIpc) is 3.41. The number of nitrogens with two attached hydrogens (primary N) is 1. The molecule has 1 fully saturated rings. The van der Waals surface area contributed by atoms with Crippen molar-refractivity contribution in [3.05, 3.63) is 60.0 Å². The van der Waals surface area contributed by atoms with Crippen LogP contribution in [0, 0.1) is 23.1 Å². The number of hydrogen-bond donors (Lipinski definition) is 2. The summed E-state index contributed by atoms with van der Waals surface area (Å²) in [6.45, 7) is 0.799. The van der Waals surface area contributed by atoms with Crippen LogP contribution < -0.4 is 11.1 Å². The zero-order chi connectivity index (χ0) is 22.9. The molecule has 8 heteroatoms. The molecule has 0 aliphatic heterocycles. The number of nitrogens with zero attached hydrogens (tertiary/aromatic N) is 5. The molecule has 7 nitrogen and oxygen atoms in total. The summed E-state index contributed by atoms with van der Waals surface area (Å²) >= 11 is 0. The summed E-state index contributed by atoms with van der Waals surface area (Å²) in [6, 6.07) is 14.7. The maximum Gasteiger partial charge on any atom is 0.149 e. The molecule has 0 saturated heterocycles. The van der Waals surface area contributed by atoms with Crippen LogP contribution in [0.4, 0.5) is 10.2 Å². The first-order valence-electron chi connectivity index (χ1n) is 11.2. The highest BCUT2D eigenvalue weighted by molar-refractivity contribution is 5.81. The van der Waals surface area contributed by atoms with Crippen molar-refractivity contribution in [2.75, 3.05) is 11.9 Å². The van der Waals surface area contributed by atoms with E-state index in [0.29, 0.717) is 11.5 Å². The van der Waals surface area contributed by atoms with Crippen LogP contribution in [0.25, 0.3) is 27.8 Å². The Morgan fingerprint density at radius 1 is 1.21 bits per heavy atom. The molecule has 1 saturated carbocycles. The van der Waals surface area contributed by atoms with E-state index in [2.05, 4.69) is 10.4 Å². The molecule has 4 aromatic rings. The third-order valence-electron chi connectivity index (χ3n) is 6.46. The van der Waals surface area contributed by atoms with Gasteiger partial charge in [-0.25, -0.2) is 9.07 Å². The van der Waals surface area contributed by atoms with Crippen LogP contribution in [0.15, 0.2) is 48.7 Å². The Bertz CT molecular complexity index is 1350. The molecule has 168 valence electrons. The second kappa shape index (κ2) is 8.68. The number of fused-ring (bicyclic) bond motifs is 1. The van der Waals surface area contributed by atoms with Crippen LogP contribution in [0.5, 0.6) is 0 Å². The average molecular weight is 444 g/mol. The van der Waals surface area contributed by atoms with Crippen LogP contribution in [0.2, 0.25) is 0 Å². The number of hydrogen-bond acceptors (Lipinski definition) is 5. The van der Waals surface area contributed by atoms with Gasteiger partial charge in [0.15, 0.2) is 0 Å². The van der Waals surface area contributed by atoms with Crippen molar-refractivity contribution in [1.82, 2.24) is 19.6 Å². The Morgan fingerprint density at radius 3 is 2.88 bits per heavy atom. The first kappa shape index (κ1) is 21.2. The van der Waals surface area contributed by atoms with E-state index < -0.39 is 5.82 Å². The molecule has 33 heavy (non-hydrogen) atoms. The summed E-state index contributed by atoms with van der Waals surface area (Å²) in [5.41, 5.74) is 9.43. The van der Waals surface area contributed by atoms with Crippen molar-refractivity contribution in [2.45, 2.75) is 31.7 Å². The lowest BCUT2D eigenvalue weighted by atomic mass is 9.86. The van der Waals surface area contributed by atoms with Gasteiger partial charge in [0, 0.05) is 36.7 Å². The van der Waals surface area contributed by atoms with Gasteiger partial charge >= 0.3 is 0 Å². The third kappa shape index (κ3) is 4.20. The Hall–Kier alpha value is -3.70. The highest BCUT2D eigenvalue weighted by atomic mass is 19.1. The van der Waals surface area contributed by atoms with Crippen LogP contribution in [-0.4, -0.2) is 32.1 Å². The standard InChI is InChI=1S/C25H26FN7/c1-32-23-8-7-21(10-19(23)15-30-32)33-24(17-5-6-18(13-27)22(26)11-17)12-25(31-33)29-14-16-3-2-4-20(28)9-16/h5-8,10-12,15-16,20H,2-4,9,14,28H2,1H3,(H,29,31)/t16-,20-/m1/s1. The smallest absolute Gasteiger partial charge is 0.149 e. The van der Waals surface area contributed by atoms with Crippen LogP contribution >= 0.6 is 0 Å². The Morgan fingerprint density at radius 2 is 2.09 bits per heavy atom. The number of anilines is 1. The van der Waals surface area contributed by atoms with E-state index in [4.69, 9.17) is 16.1 Å². The summed E-state index contributed by atoms with van der Waals surface area (Å²) in [7, 11) is 1.90. The number of aromatic nitrogens is 4. The second-order valence-corrected chi connectivity index (χ2v) is 8.82. The maximum absolute atomic E-state index is 14.4. The molecule has 2 aromatic heterocycles. The molecule has 0 amide bonds. The minimum absolute atomic E-state index is 0.0218. The molecule has 1 aliphatic carbocycles. The topological polar surface area (TPSA) is 97.5 Å². The zero-order valence-corrected chi connectivity index (χ0v) is 18.5. The number of rotatable bonds is 5. The molecular formula is C25H26FN7. The summed E-state index contributed by atoms with van der Waals surface area (Å²) < 4.78 is 18.1.